The van der Waals surface area contributed by atoms with E-state index in [1.807, 2.05) is 0 Å². The summed E-state index contributed by atoms with van der Waals surface area (Å²) in [6, 6.07) is 0.772. The highest BCUT2D eigenvalue weighted by Gasteiger charge is 2.34. The summed E-state index contributed by atoms with van der Waals surface area (Å²) < 4.78 is 5.49. The highest BCUT2D eigenvalue weighted by atomic mass is 32.1. The van der Waals surface area contributed by atoms with E-state index in [1.54, 1.807) is 0 Å². The number of likely N-dealkylation sites (tertiary alicyclic amines) is 1. The zero-order valence-electron chi connectivity index (χ0n) is 10.5. The van der Waals surface area contributed by atoms with E-state index in [0.717, 1.165) is 25.0 Å². The topological polar surface area (TPSA) is 12.5 Å². The van der Waals surface area contributed by atoms with E-state index in [4.69, 9.17) is 4.74 Å². The van der Waals surface area contributed by atoms with Crippen LogP contribution in [0, 0.1) is 5.41 Å². The first kappa shape index (κ1) is 12.7. The Balaban J connectivity index is 1.93. The molecule has 2 aliphatic rings. The van der Waals surface area contributed by atoms with Crippen molar-refractivity contribution < 1.29 is 4.74 Å². The Morgan fingerprint density at radius 2 is 2.06 bits per heavy atom. The minimum absolute atomic E-state index is 0.424. The van der Waals surface area contributed by atoms with Gasteiger partial charge in [-0.3, -0.25) is 0 Å². The third kappa shape index (κ3) is 2.93. The molecule has 0 N–H and O–H groups in total. The first-order chi connectivity index (χ1) is 7.76. The number of hydrogen-bond acceptors (Lipinski definition) is 3. The van der Waals surface area contributed by atoms with Crippen molar-refractivity contribution in [2.45, 2.75) is 45.1 Å². The van der Waals surface area contributed by atoms with Crippen LogP contribution in [-0.2, 0) is 4.74 Å². The third-order valence-corrected chi connectivity index (χ3v) is 5.04. The molecule has 0 aromatic rings. The Hall–Kier alpha value is 0.270. The summed E-state index contributed by atoms with van der Waals surface area (Å²) >= 11 is 4.60. The van der Waals surface area contributed by atoms with E-state index in [0.29, 0.717) is 5.41 Å². The average Bonchev–Trinajstić information content (AvgIpc) is 2.33. The minimum Gasteiger partial charge on any atom is -0.381 e. The fourth-order valence-electron chi connectivity index (χ4n) is 2.99. The molecule has 2 heterocycles. The molecular formula is C13H25NOS. The molecule has 0 spiro atoms. The fraction of sp³-hybridized carbons (Fsp3) is 1.00. The molecule has 94 valence electrons. The molecule has 1 unspecified atom stereocenters. The number of thiol groups is 1. The predicted octanol–water partition coefficient (Wildman–Crippen LogP) is 2.59. The van der Waals surface area contributed by atoms with Gasteiger partial charge in [0.25, 0.3) is 0 Å². The van der Waals surface area contributed by atoms with Gasteiger partial charge in [0, 0.05) is 25.8 Å². The molecule has 16 heavy (non-hydrogen) atoms. The molecule has 0 radical (unpaired) electrons. The maximum Gasteiger partial charge on any atom is 0.0472 e. The lowest BCUT2D eigenvalue weighted by Crippen LogP contribution is -2.47. The molecule has 0 saturated carbocycles. The second-order valence-corrected chi connectivity index (χ2v) is 5.90. The summed E-state index contributed by atoms with van der Waals surface area (Å²) in [4.78, 5) is 2.69. The van der Waals surface area contributed by atoms with Crippen LogP contribution in [0.4, 0.5) is 0 Å². The van der Waals surface area contributed by atoms with E-state index in [2.05, 4.69) is 24.5 Å². The summed E-state index contributed by atoms with van der Waals surface area (Å²) in [6.45, 7) is 6.77. The minimum atomic E-state index is 0.424. The number of ether oxygens (including phenoxy) is 1. The van der Waals surface area contributed by atoms with Gasteiger partial charge in [-0.05, 0) is 50.3 Å². The van der Waals surface area contributed by atoms with E-state index in [-0.39, 0.29) is 0 Å². The van der Waals surface area contributed by atoms with Gasteiger partial charge in [-0.2, -0.15) is 12.6 Å². The second-order valence-electron chi connectivity index (χ2n) is 5.59. The lowest BCUT2D eigenvalue weighted by molar-refractivity contribution is -0.00381. The van der Waals surface area contributed by atoms with Crippen LogP contribution in [0.3, 0.4) is 0 Å². The normalized spacial score (nSPS) is 31.5. The summed E-state index contributed by atoms with van der Waals surface area (Å²) in [5, 5.41) is 0. The van der Waals surface area contributed by atoms with Crippen LogP contribution in [0.1, 0.15) is 39.0 Å². The van der Waals surface area contributed by atoms with Crippen molar-refractivity contribution in [1.29, 1.82) is 0 Å². The first-order valence-corrected chi connectivity index (χ1v) is 7.32. The third-order valence-electron chi connectivity index (χ3n) is 4.37. The van der Waals surface area contributed by atoms with Gasteiger partial charge in [-0.15, -0.1) is 0 Å². The Kier molecular flexibility index (Phi) is 4.57. The van der Waals surface area contributed by atoms with Crippen LogP contribution in [0.25, 0.3) is 0 Å². The molecule has 2 rings (SSSR count). The molecule has 2 aliphatic heterocycles. The highest BCUT2D eigenvalue weighted by Crippen LogP contribution is 2.34. The van der Waals surface area contributed by atoms with Crippen molar-refractivity contribution in [2.75, 3.05) is 32.1 Å². The lowest BCUT2D eigenvalue weighted by Gasteiger charge is -2.43. The molecule has 2 nitrogen and oxygen atoms in total. The molecule has 0 amide bonds. The van der Waals surface area contributed by atoms with Crippen molar-refractivity contribution in [1.82, 2.24) is 4.90 Å². The van der Waals surface area contributed by atoms with Gasteiger partial charge in [0.2, 0.25) is 0 Å². The van der Waals surface area contributed by atoms with Crippen molar-refractivity contribution >= 4 is 12.6 Å². The largest absolute Gasteiger partial charge is 0.381 e. The van der Waals surface area contributed by atoms with Crippen molar-refractivity contribution in [3.63, 3.8) is 0 Å². The standard InChI is InChI=1S/C13H25NOS/c1-12-4-2-3-7-14(12)10-13(11-16)5-8-15-9-6-13/h12,16H,2-11H2,1H3. The number of nitrogens with zero attached hydrogens (tertiary/aromatic N) is 1. The highest BCUT2D eigenvalue weighted by molar-refractivity contribution is 7.80. The van der Waals surface area contributed by atoms with Crippen LogP contribution in [0.5, 0.6) is 0 Å². The van der Waals surface area contributed by atoms with E-state index < -0.39 is 0 Å². The molecule has 2 fully saturated rings. The quantitative estimate of drug-likeness (QED) is 0.765. The second kappa shape index (κ2) is 5.74. The molecular weight excluding hydrogens is 218 g/mol. The SMILES string of the molecule is CC1CCCCN1CC1(CS)CCOCC1. The van der Waals surface area contributed by atoms with Gasteiger partial charge < -0.3 is 9.64 Å². The average molecular weight is 243 g/mol. The van der Waals surface area contributed by atoms with Crippen LogP contribution >= 0.6 is 12.6 Å². The fourth-order valence-corrected chi connectivity index (χ4v) is 3.41. The Morgan fingerprint density at radius 1 is 1.31 bits per heavy atom. The van der Waals surface area contributed by atoms with Crippen molar-refractivity contribution in [3.05, 3.63) is 0 Å². The number of piperidine rings is 1. The molecule has 0 aromatic carbocycles. The monoisotopic (exact) mass is 243 g/mol. The molecule has 0 aliphatic carbocycles. The van der Waals surface area contributed by atoms with Crippen LogP contribution in [0.2, 0.25) is 0 Å². The summed E-state index contributed by atoms with van der Waals surface area (Å²) in [5.41, 5.74) is 0.424. The van der Waals surface area contributed by atoms with E-state index >= 15 is 0 Å². The summed E-state index contributed by atoms with van der Waals surface area (Å²) in [6.07, 6.45) is 6.55. The predicted molar refractivity (Wildman–Crippen MR) is 71.2 cm³/mol. The Labute approximate surface area is 105 Å². The summed E-state index contributed by atoms with van der Waals surface area (Å²) in [7, 11) is 0. The van der Waals surface area contributed by atoms with Crippen LogP contribution in [0.15, 0.2) is 0 Å². The molecule has 3 heteroatoms. The van der Waals surface area contributed by atoms with E-state index in [9.17, 15) is 0 Å². The van der Waals surface area contributed by atoms with Crippen LogP contribution in [-0.4, -0.2) is 43.0 Å². The lowest BCUT2D eigenvalue weighted by atomic mass is 9.80. The zero-order chi connectivity index (χ0) is 11.4. The van der Waals surface area contributed by atoms with Crippen LogP contribution < -0.4 is 0 Å². The first-order valence-electron chi connectivity index (χ1n) is 6.68. The molecule has 1 atom stereocenters. The van der Waals surface area contributed by atoms with Crippen molar-refractivity contribution in [3.8, 4) is 0 Å². The molecule has 0 aromatic heterocycles. The maximum atomic E-state index is 5.49. The van der Waals surface area contributed by atoms with Gasteiger partial charge >= 0.3 is 0 Å². The van der Waals surface area contributed by atoms with Gasteiger partial charge in [0.05, 0.1) is 0 Å². The van der Waals surface area contributed by atoms with Gasteiger partial charge in [-0.25, -0.2) is 0 Å². The smallest absolute Gasteiger partial charge is 0.0472 e. The van der Waals surface area contributed by atoms with E-state index in [1.165, 1.54) is 45.2 Å². The number of hydrogen-bond donors (Lipinski definition) is 1. The number of rotatable bonds is 3. The Morgan fingerprint density at radius 3 is 2.69 bits per heavy atom. The molecule has 0 bridgehead atoms. The Bertz CT molecular complexity index is 216. The van der Waals surface area contributed by atoms with Gasteiger partial charge in [-0.1, -0.05) is 6.42 Å². The molecule has 2 saturated heterocycles. The summed E-state index contributed by atoms with van der Waals surface area (Å²) in [5.74, 6) is 1.01. The zero-order valence-corrected chi connectivity index (χ0v) is 11.3. The van der Waals surface area contributed by atoms with Crippen molar-refractivity contribution in [2.24, 2.45) is 5.41 Å². The maximum absolute atomic E-state index is 5.49. The van der Waals surface area contributed by atoms with Gasteiger partial charge in [0.15, 0.2) is 0 Å². The van der Waals surface area contributed by atoms with Gasteiger partial charge in [0.1, 0.15) is 0 Å².